The van der Waals surface area contributed by atoms with Gasteiger partial charge in [0.25, 0.3) is 0 Å². The van der Waals surface area contributed by atoms with Crippen LogP contribution in [0.25, 0.3) is 0 Å². The smallest absolute Gasteiger partial charge is 0.321 e. The predicted octanol–water partition coefficient (Wildman–Crippen LogP) is -1.13. The number of fused-ring (bicyclic) bond motifs is 2. The van der Waals surface area contributed by atoms with Crippen LogP contribution in [0.2, 0.25) is 0 Å². The van der Waals surface area contributed by atoms with Crippen molar-refractivity contribution >= 4 is 5.97 Å². The molecule has 0 aromatic carbocycles. The van der Waals surface area contributed by atoms with Crippen molar-refractivity contribution in [2.24, 2.45) is 5.73 Å². The predicted molar refractivity (Wildman–Crippen MR) is 45.3 cm³/mol. The third-order valence-corrected chi connectivity index (χ3v) is 2.76. The molecule has 3 unspecified atom stereocenters. The van der Waals surface area contributed by atoms with E-state index in [2.05, 4.69) is 4.90 Å². The summed E-state index contributed by atoms with van der Waals surface area (Å²) in [5.74, 6) is -0.927. The number of hydrogen-bond donors (Lipinski definition) is 2. The van der Waals surface area contributed by atoms with Gasteiger partial charge in [0.15, 0.2) is 0 Å². The molecule has 0 aliphatic carbocycles. The molecule has 13 heavy (non-hydrogen) atoms. The quantitative estimate of drug-likeness (QED) is 0.583. The maximum Gasteiger partial charge on any atom is 0.321 e. The van der Waals surface area contributed by atoms with Crippen LogP contribution in [0.4, 0.5) is 0 Å². The summed E-state index contributed by atoms with van der Waals surface area (Å²) < 4.78 is 5.39. The molecule has 74 valence electrons. The molecular formula is C8H14N2O3. The highest BCUT2D eigenvalue weighted by Gasteiger charge is 2.39. The van der Waals surface area contributed by atoms with Gasteiger partial charge in [0.2, 0.25) is 0 Å². The molecule has 3 atom stereocenters. The Morgan fingerprint density at radius 1 is 1.77 bits per heavy atom. The Balaban J connectivity index is 1.86. The second-order valence-electron chi connectivity index (χ2n) is 3.74. The fraction of sp³-hybridized carbons (Fsp3) is 0.875. The highest BCUT2D eigenvalue weighted by atomic mass is 16.5. The molecule has 0 amide bonds. The van der Waals surface area contributed by atoms with E-state index in [-0.39, 0.29) is 0 Å². The van der Waals surface area contributed by atoms with E-state index < -0.39 is 12.0 Å². The SMILES string of the molecule is NC(CN1CC2CC1CO2)C(=O)O. The number of rotatable bonds is 3. The van der Waals surface area contributed by atoms with Crippen LogP contribution in [0.5, 0.6) is 0 Å². The maximum atomic E-state index is 10.5. The van der Waals surface area contributed by atoms with Crippen molar-refractivity contribution in [3.63, 3.8) is 0 Å². The summed E-state index contributed by atoms with van der Waals surface area (Å²) in [7, 11) is 0. The average Bonchev–Trinajstić information content (AvgIpc) is 2.64. The number of carboxylic acid groups (broad SMARTS) is 1. The summed E-state index contributed by atoms with van der Waals surface area (Å²) in [4.78, 5) is 12.6. The Morgan fingerprint density at radius 3 is 3.00 bits per heavy atom. The van der Waals surface area contributed by atoms with Gasteiger partial charge in [0.05, 0.1) is 12.7 Å². The topological polar surface area (TPSA) is 75.8 Å². The Bertz CT molecular complexity index is 221. The molecule has 0 aromatic heterocycles. The summed E-state index contributed by atoms with van der Waals surface area (Å²) >= 11 is 0. The van der Waals surface area contributed by atoms with Gasteiger partial charge in [0.1, 0.15) is 6.04 Å². The fourth-order valence-electron chi connectivity index (χ4n) is 2.03. The van der Waals surface area contributed by atoms with Gasteiger partial charge in [-0.2, -0.15) is 0 Å². The fourth-order valence-corrected chi connectivity index (χ4v) is 2.03. The van der Waals surface area contributed by atoms with Crippen molar-refractivity contribution in [1.29, 1.82) is 0 Å². The van der Waals surface area contributed by atoms with Crippen LogP contribution in [-0.4, -0.2) is 53.9 Å². The first-order valence-corrected chi connectivity index (χ1v) is 4.51. The minimum atomic E-state index is -0.927. The number of nitrogens with zero attached hydrogens (tertiary/aromatic N) is 1. The minimum Gasteiger partial charge on any atom is -0.480 e. The molecule has 5 heteroatoms. The standard InChI is InChI=1S/C8H14N2O3/c9-7(8(11)12)3-10-2-6-1-5(10)4-13-6/h5-7H,1-4,9H2,(H,11,12). The van der Waals surface area contributed by atoms with E-state index in [0.717, 1.165) is 19.6 Å². The van der Waals surface area contributed by atoms with E-state index in [9.17, 15) is 4.79 Å². The third-order valence-electron chi connectivity index (χ3n) is 2.76. The summed E-state index contributed by atoms with van der Waals surface area (Å²) in [6.45, 7) is 2.02. The van der Waals surface area contributed by atoms with Gasteiger partial charge in [0, 0.05) is 19.1 Å². The van der Waals surface area contributed by atoms with Crippen molar-refractivity contribution in [2.45, 2.75) is 24.6 Å². The van der Waals surface area contributed by atoms with E-state index in [1.54, 1.807) is 0 Å². The molecule has 2 aliphatic rings. The van der Waals surface area contributed by atoms with Gasteiger partial charge in [-0.05, 0) is 6.42 Å². The monoisotopic (exact) mass is 186 g/mol. The zero-order chi connectivity index (χ0) is 9.42. The van der Waals surface area contributed by atoms with E-state index in [1.165, 1.54) is 0 Å². The first-order chi connectivity index (χ1) is 6.16. The number of carbonyl (C=O) groups is 1. The van der Waals surface area contributed by atoms with E-state index in [1.807, 2.05) is 0 Å². The lowest BCUT2D eigenvalue weighted by Crippen LogP contribution is -2.47. The van der Waals surface area contributed by atoms with Crippen LogP contribution in [0.3, 0.4) is 0 Å². The molecule has 2 saturated heterocycles. The average molecular weight is 186 g/mol. The Labute approximate surface area is 76.5 Å². The van der Waals surface area contributed by atoms with E-state index >= 15 is 0 Å². The van der Waals surface area contributed by atoms with Crippen LogP contribution in [0.15, 0.2) is 0 Å². The zero-order valence-corrected chi connectivity index (χ0v) is 7.35. The van der Waals surface area contributed by atoms with Crippen LogP contribution in [0.1, 0.15) is 6.42 Å². The number of carboxylic acids is 1. The van der Waals surface area contributed by atoms with Crippen LogP contribution in [0, 0.1) is 0 Å². The van der Waals surface area contributed by atoms with Crippen molar-refractivity contribution in [1.82, 2.24) is 4.90 Å². The second-order valence-corrected chi connectivity index (χ2v) is 3.74. The summed E-state index contributed by atoms with van der Waals surface area (Å²) in [5, 5.41) is 8.63. The van der Waals surface area contributed by atoms with Gasteiger partial charge in [-0.15, -0.1) is 0 Å². The van der Waals surface area contributed by atoms with Gasteiger partial charge in [-0.1, -0.05) is 0 Å². The Kier molecular flexibility index (Phi) is 2.23. The normalized spacial score (nSPS) is 35.2. The van der Waals surface area contributed by atoms with Crippen LogP contribution in [-0.2, 0) is 9.53 Å². The number of aliphatic carboxylic acids is 1. The highest BCUT2D eigenvalue weighted by molar-refractivity contribution is 5.73. The first kappa shape index (κ1) is 8.93. The van der Waals surface area contributed by atoms with Gasteiger partial charge in [-0.25, -0.2) is 0 Å². The lowest BCUT2D eigenvalue weighted by molar-refractivity contribution is -0.139. The van der Waals surface area contributed by atoms with Gasteiger partial charge >= 0.3 is 5.97 Å². The first-order valence-electron chi connectivity index (χ1n) is 4.51. The maximum absolute atomic E-state index is 10.5. The molecule has 0 aromatic rings. The molecule has 0 radical (unpaired) electrons. The molecule has 5 nitrogen and oxygen atoms in total. The number of likely N-dealkylation sites (tertiary alicyclic amines) is 1. The van der Waals surface area contributed by atoms with Crippen LogP contribution < -0.4 is 5.73 Å². The molecule has 2 rings (SSSR count). The van der Waals surface area contributed by atoms with Crippen molar-refractivity contribution < 1.29 is 14.6 Å². The van der Waals surface area contributed by atoms with E-state index in [4.69, 9.17) is 15.6 Å². The zero-order valence-electron chi connectivity index (χ0n) is 7.35. The van der Waals surface area contributed by atoms with Crippen molar-refractivity contribution in [3.05, 3.63) is 0 Å². The molecule has 2 heterocycles. The molecule has 2 fully saturated rings. The van der Waals surface area contributed by atoms with E-state index in [0.29, 0.717) is 18.7 Å². The number of morpholine rings is 1. The molecule has 0 saturated carbocycles. The molecule has 2 aliphatic heterocycles. The molecular weight excluding hydrogens is 172 g/mol. The Morgan fingerprint density at radius 2 is 2.54 bits per heavy atom. The van der Waals surface area contributed by atoms with Gasteiger partial charge < -0.3 is 15.6 Å². The third kappa shape index (κ3) is 1.67. The highest BCUT2D eigenvalue weighted by Crippen LogP contribution is 2.27. The molecule has 0 spiro atoms. The van der Waals surface area contributed by atoms with Crippen LogP contribution >= 0.6 is 0 Å². The van der Waals surface area contributed by atoms with Crippen molar-refractivity contribution in [2.75, 3.05) is 19.7 Å². The van der Waals surface area contributed by atoms with Crippen molar-refractivity contribution in [3.8, 4) is 0 Å². The number of hydrogen-bond acceptors (Lipinski definition) is 4. The summed E-state index contributed by atoms with van der Waals surface area (Å²) in [6.07, 6.45) is 1.35. The number of ether oxygens (including phenoxy) is 1. The largest absolute Gasteiger partial charge is 0.480 e. The van der Waals surface area contributed by atoms with Gasteiger partial charge in [-0.3, -0.25) is 9.69 Å². The summed E-state index contributed by atoms with van der Waals surface area (Å²) in [5.41, 5.74) is 5.45. The second kappa shape index (κ2) is 3.25. The molecule has 3 N–H and O–H groups in total. The molecule has 2 bridgehead atoms. The number of nitrogens with two attached hydrogens (primary N) is 1. The minimum absolute atomic E-state index is 0.311. The lowest BCUT2D eigenvalue weighted by atomic mass is 10.2. The Hall–Kier alpha value is -0.650. The lowest BCUT2D eigenvalue weighted by Gasteiger charge is -2.27. The summed E-state index contributed by atoms with van der Waals surface area (Å²) in [6, 6.07) is -0.366.